The Kier molecular flexibility index (Phi) is 4.52. The van der Waals surface area contributed by atoms with Crippen LogP contribution >= 0.6 is 0 Å². The molecule has 0 unspecified atom stereocenters. The largest absolute Gasteiger partial charge is 0.316 e. The van der Waals surface area contributed by atoms with Crippen molar-refractivity contribution in [3.8, 4) is 22.5 Å². The van der Waals surface area contributed by atoms with Crippen LogP contribution in [-0.2, 0) is 0 Å². The van der Waals surface area contributed by atoms with E-state index in [2.05, 4.69) is 142 Å². The van der Waals surface area contributed by atoms with Crippen molar-refractivity contribution in [2.24, 2.45) is 0 Å². The van der Waals surface area contributed by atoms with Crippen molar-refractivity contribution in [3.63, 3.8) is 0 Å². The quantitative estimate of drug-likeness (QED) is 0.245. The molecule has 0 amide bonds. The summed E-state index contributed by atoms with van der Waals surface area (Å²) in [6, 6.07) is 43.3. The van der Waals surface area contributed by atoms with Gasteiger partial charge in [-0.3, -0.25) is 4.98 Å². The lowest BCUT2D eigenvalue weighted by Crippen LogP contribution is -1.95. The first-order valence-electron chi connectivity index (χ1n) is 12.9. The Morgan fingerprint density at radius 2 is 1.26 bits per heavy atom. The van der Waals surface area contributed by atoms with Gasteiger partial charge in [0.15, 0.2) is 0 Å². The Morgan fingerprint density at radius 3 is 2.13 bits per heavy atom. The summed E-state index contributed by atoms with van der Waals surface area (Å²) in [7, 11) is 0. The summed E-state index contributed by atoms with van der Waals surface area (Å²) in [4.78, 5) is 4.49. The summed E-state index contributed by atoms with van der Waals surface area (Å²) in [5.41, 5.74) is 8.27. The highest BCUT2D eigenvalue weighted by atomic mass is 15.0. The molecule has 0 fully saturated rings. The van der Waals surface area contributed by atoms with Crippen molar-refractivity contribution < 1.29 is 0 Å². The van der Waals surface area contributed by atoms with Crippen molar-refractivity contribution in [1.29, 1.82) is 0 Å². The zero-order valence-corrected chi connectivity index (χ0v) is 20.6. The van der Waals surface area contributed by atoms with Crippen LogP contribution in [0.5, 0.6) is 0 Å². The second kappa shape index (κ2) is 8.19. The van der Waals surface area contributed by atoms with Gasteiger partial charge in [-0.25, -0.2) is 0 Å². The molecule has 178 valence electrons. The molecule has 8 aromatic rings. The maximum Gasteiger partial charge on any atom is 0.0628 e. The third-order valence-electron chi connectivity index (χ3n) is 7.63. The third-order valence-corrected chi connectivity index (χ3v) is 7.63. The average molecular weight is 486 g/mol. The summed E-state index contributed by atoms with van der Waals surface area (Å²) in [6.45, 7) is 0. The minimum absolute atomic E-state index is 1.14. The highest BCUT2D eigenvalue weighted by Gasteiger charge is 2.17. The van der Waals surface area contributed by atoms with E-state index >= 15 is 0 Å². The van der Waals surface area contributed by atoms with Crippen LogP contribution in [0.15, 0.2) is 140 Å². The van der Waals surface area contributed by atoms with Gasteiger partial charge in [-0.05, 0) is 53.4 Å². The van der Waals surface area contributed by atoms with E-state index in [1.54, 1.807) is 0 Å². The molecule has 0 radical (unpaired) electrons. The van der Waals surface area contributed by atoms with Gasteiger partial charge in [0.05, 0.1) is 16.6 Å². The first kappa shape index (κ1) is 21.0. The van der Waals surface area contributed by atoms with Gasteiger partial charge in [-0.1, -0.05) is 78.9 Å². The third kappa shape index (κ3) is 3.06. The number of hydrogen-bond acceptors (Lipinski definition) is 1. The van der Waals surface area contributed by atoms with E-state index < -0.39 is 0 Å². The van der Waals surface area contributed by atoms with Crippen molar-refractivity contribution in [3.05, 3.63) is 140 Å². The Labute approximate surface area is 219 Å². The van der Waals surface area contributed by atoms with E-state index in [1.807, 2.05) is 12.4 Å². The fourth-order valence-electron chi connectivity index (χ4n) is 5.90. The normalized spacial score (nSPS) is 11.7. The van der Waals surface area contributed by atoms with E-state index in [1.165, 1.54) is 49.3 Å². The zero-order chi connectivity index (χ0) is 25.1. The van der Waals surface area contributed by atoms with Gasteiger partial charge in [-0.15, -0.1) is 0 Å². The van der Waals surface area contributed by atoms with E-state index in [0.717, 1.165) is 16.6 Å². The summed E-state index contributed by atoms with van der Waals surface area (Å²) in [5, 5.41) is 6.14. The Morgan fingerprint density at radius 1 is 0.500 bits per heavy atom. The van der Waals surface area contributed by atoms with E-state index in [9.17, 15) is 0 Å². The Bertz CT molecular complexity index is 2110. The highest BCUT2D eigenvalue weighted by molar-refractivity contribution is 6.20. The molecule has 0 aliphatic rings. The van der Waals surface area contributed by atoms with Crippen molar-refractivity contribution in [2.45, 2.75) is 0 Å². The molecule has 0 atom stereocenters. The molecule has 3 heteroatoms. The van der Waals surface area contributed by atoms with E-state index in [0.29, 0.717) is 0 Å². The molecular formula is C35H23N3. The summed E-state index contributed by atoms with van der Waals surface area (Å²) >= 11 is 0. The number of fused-ring (bicyclic) bond motifs is 6. The number of pyridine rings is 1. The molecule has 0 spiro atoms. The van der Waals surface area contributed by atoms with Crippen LogP contribution in [0.25, 0.3) is 66.0 Å². The molecule has 5 aromatic carbocycles. The lowest BCUT2D eigenvalue weighted by atomic mass is 10.0. The van der Waals surface area contributed by atoms with Crippen LogP contribution in [0.1, 0.15) is 0 Å². The minimum atomic E-state index is 1.14. The standard InChI is InChI=1S/C35H23N3/c1-2-9-27(10-3-1)37-21-20-25-16-19-33-34(35(25)37)30-12-6-7-13-32(30)38(33)28-17-14-24(15-18-28)31-23-36-22-26-8-4-5-11-29(26)31/h1-23H. The summed E-state index contributed by atoms with van der Waals surface area (Å²) in [5.74, 6) is 0. The van der Waals surface area contributed by atoms with Crippen LogP contribution in [0, 0.1) is 0 Å². The summed E-state index contributed by atoms with van der Waals surface area (Å²) < 4.78 is 4.70. The maximum absolute atomic E-state index is 4.49. The second-order valence-electron chi connectivity index (χ2n) is 9.73. The zero-order valence-electron chi connectivity index (χ0n) is 20.6. The molecule has 0 saturated carbocycles. The van der Waals surface area contributed by atoms with Crippen LogP contribution in [0.3, 0.4) is 0 Å². The predicted octanol–water partition coefficient (Wildman–Crippen LogP) is 8.94. The van der Waals surface area contributed by atoms with Crippen LogP contribution in [0.4, 0.5) is 0 Å². The fraction of sp³-hybridized carbons (Fsp3) is 0. The van der Waals surface area contributed by atoms with Gasteiger partial charge in [0.1, 0.15) is 0 Å². The van der Waals surface area contributed by atoms with Gasteiger partial charge in [0.2, 0.25) is 0 Å². The molecule has 8 rings (SSSR count). The SMILES string of the molecule is c1ccc(-n2ccc3ccc4c(c5ccccc5n4-c4ccc(-c5cncc6ccccc56)cc4)c32)cc1. The lowest BCUT2D eigenvalue weighted by Gasteiger charge is -2.11. The fourth-order valence-corrected chi connectivity index (χ4v) is 5.90. The molecule has 0 N–H and O–H groups in total. The molecule has 3 aromatic heterocycles. The number of benzene rings is 5. The molecule has 0 saturated heterocycles. The number of rotatable bonds is 3. The number of nitrogens with zero attached hydrogens (tertiary/aromatic N) is 3. The molecular weight excluding hydrogens is 462 g/mol. The molecule has 0 aliphatic carbocycles. The van der Waals surface area contributed by atoms with Crippen LogP contribution in [0.2, 0.25) is 0 Å². The van der Waals surface area contributed by atoms with Crippen LogP contribution in [-0.4, -0.2) is 14.1 Å². The van der Waals surface area contributed by atoms with Crippen molar-refractivity contribution in [2.75, 3.05) is 0 Å². The lowest BCUT2D eigenvalue weighted by molar-refractivity contribution is 1.13. The van der Waals surface area contributed by atoms with E-state index in [-0.39, 0.29) is 0 Å². The first-order chi connectivity index (χ1) is 18.9. The Hall–Kier alpha value is -5.15. The molecule has 3 nitrogen and oxygen atoms in total. The number of para-hydroxylation sites is 2. The highest BCUT2D eigenvalue weighted by Crippen LogP contribution is 2.38. The van der Waals surface area contributed by atoms with Crippen molar-refractivity contribution in [1.82, 2.24) is 14.1 Å². The van der Waals surface area contributed by atoms with Gasteiger partial charge in [0.25, 0.3) is 0 Å². The molecule has 0 aliphatic heterocycles. The second-order valence-corrected chi connectivity index (χ2v) is 9.73. The smallest absolute Gasteiger partial charge is 0.0628 e. The van der Waals surface area contributed by atoms with Gasteiger partial charge in [-0.2, -0.15) is 0 Å². The summed E-state index contributed by atoms with van der Waals surface area (Å²) in [6.07, 6.45) is 6.07. The molecule has 3 heterocycles. The maximum atomic E-state index is 4.49. The van der Waals surface area contributed by atoms with Crippen LogP contribution < -0.4 is 0 Å². The topological polar surface area (TPSA) is 22.8 Å². The Balaban J connectivity index is 1.37. The van der Waals surface area contributed by atoms with Crippen molar-refractivity contribution >= 4 is 43.5 Å². The van der Waals surface area contributed by atoms with Gasteiger partial charge >= 0.3 is 0 Å². The molecule has 38 heavy (non-hydrogen) atoms. The average Bonchev–Trinajstić information content (AvgIpc) is 3.57. The molecule has 0 bridgehead atoms. The number of aromatic nitrogens is 3. The van der Waals surface area contributed by atoms with E-state index in [4.69, 9.17) is 0 Å². The van der Waals surface area contributed by atoms with Gasteiger partial charge < -0.3 is 9.13 Å². The predicted molar refractivity (Wildman–Crippen MR) is 158 cm³/mol. The number of hydrogen-bond donors (Lipinski definition) is 0. The minimum Gasteiger partial charge on any atom is -0.316 e. The first-order valence-corrected chi connectivity index (χ1v) is 12.9. The monoisotopic (exact) mass is 485 g/mol. The van der Waals surface area contributed by atoms with Gasteiger partial charge in [0, 0.05) is 57.1 Å².